The Bertz CT molecular complexity index is 1590. The smallest absolute Gasteiger partial charge is 0.301 e. The van der Waals surface area contributed by atoms with E-state index < -0.39 is 17.7 Å². The van der Waals surface area contributed by atoms with Gasteiger partial charge in [0.2, 0.25) is 5.13 Å². The number of ketones is 1. The molecule has 5 rings (SSSR count). The SMILES string of the molecule is COc1cc(C2/C(=C(/O)c3ccccc3)C(=O)C(=O)N2c2nnc(SCc3ccc(Cl)cc3)s2)cc(Br)c1O. The molecule has 1 saturated heterocycles. The van der Waals surface area contributed by atoms with E-state index in [1.165, 1.54) is 29.8 Å². The summed E-state index contributed by atoms with van der Waals surface area (Å²) in [5, 5.41) is 30.9. The highest BCUT2D eigenvalue weighted by atomic mass is 79.9. The molecular weight excluding hydrogens is 626 g/mol. The van der Waals surface area contributed by atoms with Gasteiger partial charge in [0, 0.05) is 16.3 Å². The van der Waals surface area contributed by atoms with Crippen molar-refractivity contribution in [3.8, 4) is 11.5 Å². The highest BCUT2D eigenvalue weighted by molar-refractivity contribution is 9.10. The predicted molar refractivity (Wildman–Crippen MR) is 155 cm³/mol. The summed E-state index contributed by atoms with van der Waals surface area (Å²) < 4.78 is 6.18. The van der Waals surface area contributed by atoms with Gasteiger partial charge in [0.1, 0.15) is 5.76 Å². The van der Waals surface area contributed by atoms with Gasteiger partial charge in [-0.3, -0.25) is 14.5 Å². The fourth-order valence-corrected chi connectivity index (χ4v) is 6.50. The van der Waals surface area contributed by atoms with Crippen LogP contribution in [0.25, 0.3) is 5.76 Å². The van der Waals surface area contributed by atoms with E-state index in [0.29, 0.717) is 30.7 Å². The number of phenols is 1. The summed E-state index contributed by atoms with van der Waals surface area (Å²) in [6, 6.07) is 18.0. The number of ether oxygens (including phenoxy) is 1. The quantitative estimate of drug-likeness (QED) is 0.0762. The molecule has 0 bridgehead atoms. The predicted octanol–water partition coefficient (Wildman–Crippen LogP) is 6.59. The molecular formula is C27H19BrClN3O5S2. The lowest BCUT2D eigenvalue weighted by molar-refractivity contribution is -0.132. The zero-order chi connectivity index (χ0) is 27.7. The first-order valence-electron chi connectivity index (χ1n) is 11.4. The third-order valence-electron chi connectivity index (χ3n) is 5.96. The Morgan fingerprint density at radius 2 is 1.85 bits per heavy atom. The first-order valence-corrected chi connectivity index (χ1v) is 14.4. The number of aliphatic hydroxyl groups excluding tert-OH is 1. The van der Waals surface area contributed by atoms with Crippen molar-refractivity contribution in [3.63, 3.8) is 0 Å². The number of nitrogens with zero attached hydrogens (tertiary/aromatic N) is 3. The first-order chi connectivity index (χ1) is 18.8. The Labute approximate surface area is 245 Å². The number of aliphatic hydroxyl groups is 1. The van der Waals surface area contributed by atoms with Gasteiger partial charge in [-0.2, -0.15) is 0 Å². The number of carbonyl (C=O) groups excluding carboxylic acids is 2. The van der Waals surface area contributed by atoms with E-state index in [1.807, 2.05) is 12.1 Å². The maximum atomic E-state index is 13.4. The van der Waals surface area contributed by atoms with Crippen molar-refractivity contribution in [1.82, 2.24) is 10.2 Å². The fourth-order valence-electron chi connectivity index (χ4n) is 4.09. The minimum absolute atomic E-state index is 0.114. The lowest BCUT2D eigenvalue weighted by atomic mass is 9.95. The fraction of sp³-hybridized carbons (Fsp3) is 0.111. The Morgan fingerprint density at radius 1 is 1.13 bits per heavy atom. The average molecular weight is 645 g/mol. The van der Waals surface area contributed by atoms with Gasteiger partial charge < -0.3 is 14.9 Å². The monoisotopic (exact) mass is 643 g/mol. The van der Waals surface area contributed by atoms with Gasteiger partial charge in [-0.15, -0.1) is 10.2 Å². The van der Waals surface area contributed by atoms with Crippen molar-refractivity contribution in [2.24, 2.45) is 0 Å². The number of halogens is 2. The standard InChI is InChI=1S/C27H19BrClN3O5S2/c1-37-19-12-16(11-18(28)23(19)34)21-20(22(33)15-5-3-2-4-6-15)24(35)25(36)32(21)26-30-31-27(39-26)38-13-14-7-9-17(29)10-8-14/h2-12,21,33-34H,13H2,1H3/b22-20-. The van der Waals surface area contributed by atoms with Crippen LogP contribution in [0.5, 0.6) is 11.5 Å². The number of thioether (sulfide) groups is 1. The molecule has 198 valence electrons. The van der Waals surface area contributed by atoms with Crippen LogP contribution in [-0.4, -0.2) is 39.2 Å². The molecule has 0 spiro atoms. The second kappa shape index (κ2) is 11.4. The molecule has 1 unspecified atom stereocenters. The van der Waals surface area contributed by atoms with E-state index in [-0.39, 0.29) is 28.0 Å². The summed E-state index contributed by atoms with van der Waals surface area (Å²) >= 11 is 11.9. The van der Waals surface area contributed by atoms with Crippen molar-refractivity contribution in [3.05, 3.63) is 98.5 Å². The number of rotatable bonds is 7. The molecule has 0 radical (unpaired) electrons. The molecule has 0 saturated carbocycles. The van der Waals surface area contributed by atoms with E-state index in [9.17, 15) is 19.8 Å². The van der Waals surface area contributed by atoms with Crippen LogP contribution in [0.2, 0.25) is 5.02 Å². The van der Waals surface area contributed by atoms with Crippen molar-refractivity contribution >= 4 is 73.2 Å². The minimum atomic E-state index is -1.06. The second-order valence-corrected chi connectivity index (χ2v) is 11.8. The number of anilines is 1. The summed E-state index contributed by atoms with van der Waals surface area (Å²) in [5.74, 6) is -1.46. The highest BCUT2D eigenvalue weighted by Crippen LogP contribution is 2.47. The van der Waals surface area contributed by atoms with E-state index in [4.69, 9.17) is 16.3 Å². The molecule has 1 aromatic heterocycles. The number of hydrogen-bond acceptors (Lipinski definition) is 9. The lowest BCUT2D eigenvalue weighted by Gasteiger charge is -2.23. The van der Waals surface area contributed by atoms with Gasteiger partial charge >= 0.3 is 5.91 Å². The maximum absolute atomic E-state index is 13.4. The Hall–Kier alpha value is -3.38. The van der Waals surface area contributed by atoms with Crippen LogP contribution in [0, 0.1) is 0 Å². The van der Waals surface area contributed by atoms with Gasteiger partial charge in [-0.05, 0) is 51.3 Å². The van der Waals surface area contributed by atoms with Crippen LogP contribution in [0.1, 0.15) is 22.7 Å². The van der Waals surface area contributed by atoms with Crippen molar-refractivity contribution in [2.45, 2.75) is 16.1 Å². The van der Waals surface area contributed by atoms with Gasteiger partial charge in [0.25, 0.3) is 5.78 Å². The van der Waals surface area contributed by atoms with Crippen LogP contribution in [0.3, 0.4) is 0 Å². The van der Waals surface area contributed by atoms with E-state index in [1.54, 1.807) is 48.5 Å². The molecule has 4 aromatic rings. The van der Waals surface area contributed by atoms with Crippen molar-refractivity contribution in [2.75, 3.05) is 12.0 Å². The molecule has 1 fully saturated rings. The molecule has 2 N–H and O–H groups in total. The van der Waals surface area contributed by atoms with Crippen LogP contribution < -0.4 is 9.64 Å². The van der Waals surface area contributed by atoms with Crippen molar-refractivity contribution < 1.29 is 24.5 Å². The number of carbonyl (C=O) groups is 2. The first kappa shape index (κ1) is 27.2. The molecule has 1 amide bonds. The molecule has 0 aliphatic carbocycles. The van der Waals surface area contributed by atoms with Gasteiger partial charge in [-0.1, -0.05) is 77.2 Å². The van der Waals surface area contributed by atoms with Crippen LogP contribution >= 0.6 is 50.6 Å². The average Bonchev–Trinajstić information content (AvgIpc) is 3.52. The molecule has 2 heterocycles. The number of hydrogen-bond donors (Lipinski definition) is 2. The third kappa shape index (κ3) is 5.40. The summed E-state index contributed by atoms with van der Waals surface area (Å²) in [7, 11) is 1.39. The van der Waals surface area contributed by atoms with E-state index in [2.05, 4.69) is 26.1 Å². The highest BCUT2D eigenvalue weighted by Gasteiger charge is 2.48. The molecule has 1 atom stereocenters. The Morgan fingerprint density at radius 3 is 2.54 bits per heavy atom. The van der Waals surface area contributed by atoms with Gasteiger partial charge in [-0.25, -0.2) is 0 Å². The number of aromatic nitrogens is 2. The number of phenolic OH excluding ortho intramolecular Hbond substituents is 1. The molecule has 1 aliphatic heterocycles. The van der Waals surface area contributed by atoms with Gasteiger partial charge in [0.15, 0.2) is 15.8 Å². The largest absolute Gasteiger partial charge is 0.507 e. The number of aromatic hydroxyl groups is 1. The normalized spacial score (nSPS) is 16.6. The second-order valence-electron chi connectivity index (χ2n) is 8.35. The lowest BCUT2D eigenvalue weighted by Crippen LogP contribution is -2.29. The summed E-state index contributed by atoms with van der Waals surface area (Å²) in [5.41, 5.74) is 1.71. The van der Waals surface area contributed by atoms with Crippen LogP contribution in [0.4, 0.5) is 5.13 Å². The summed E-state index contributed by atoms with van der Waals surface area (Å²) in [6.07, 6.45) is 0. The zero-order valence-electron chi connectivity index (χ0n) is 20.2. The number of methoxy groups -OCH3 is 1. The van der Waals surface area contributed by atoms with E-state index in [0.717, 1.165) is 16.9 Å². The van der Waals surface area contributed by atoms with Crippen LogP contribution in [-0.2, 0) is 15.3 Å². The van der Waals surface area contributed by atoms with Gasteiger partial charge in [0.05, 0.1) is 23.2 Å². The molecule has 8 nitrogen and oxygen atoms in total. The number of Topliss-reactive ketones (excluding diaryl/α,β-unsaturated/α-hetero) is 1. The van der Waals surface area contributed by atoms with Crippen molar-refractivity contribution in [1.29, 1.82) is 0 Å². The maximum Gasteiger partial charge on any atom is 0.301 e. The molecule has 1 aliphatic rings. The Balaban J connectivity index is 1.58. The number of benzene rings is 3. The summed E-state index contributed by atoms with van der Waals surface area (Å²) in [6.45, 7) is 0. The molecule has 12 heteroatoms. The topological polar surface area (TPSA) is 113 Å². The number of amides is 1. The van der Waals surface area contributed by atoms with E-state index >= 15 is 0 Å². The minimum Gasteiger partial charge on any atom is -0.507 e. The zero-order valence-corrected chi connectivity index (χ0v) is 24.1. The Kier molecular flexibility index (Phi) is 7.94. The molecule has 39 heavy (non-hydrogen) atoms. The molecule has 3 aromatic carbocycles. The summed E-state index contributed by atoms with van der Waals surface area (Å²) in [4.78, 5) is 28.0. The third-order valence-corrected chi connectivity index (χ3v) is 8.94. The van der Waals surface area contributed by atoms with Crippen LogP contribution in [0.15, 0.2) is 81.1 Å².